The highest BCUT2D eigenvalue weighted by molar-refractivity contribution is 7.09. The van der Waals surface area contributed by atoms with Gasteiger partial charge in [0.25, 0.3) is 0 Å². The minimum atomic E-state index is -4.36. The highest BCUT2D eigenvalue weighted by Gasteiger charge is 2.43. The largest absolute Gasteiger partial charge is 0.419 e. The van der Waals surface area contributed by atoms with E-state index in [1.807, 2.05) is 4.90 Å². The standard InChI is InChI=1S/C19H21F3N4S/c20-19(21,22)16-2-1-5-23-17(16)26-8-13-6-25(7-14(13)9-26)10-15-11-27-18(24-15)12-3-4-12/h1-2,5,11-14H,3-4,6-10H2. The van der Waals surface area contributed by atoms with Gasteiger partial charge in [0.2, 0.25) is 0 Å². The molecule has 144 valence electrons. The van der Waals surface area contributed by atoms with Crippen LogP contribution in [0.1, 0.15) is 35.0 Å². The monoisotopic (exact) mass is 394 g/mol. The van der Waals surface area contributed by atoms with Crippen LogP contribution in [0.25, 0.3) is 0 Å². The predicted octanol–water partition coefficient (Wildman–Crippen LogP) is 4.00. The summed E-state index contributed by atoms with van der Waals surface area (Å²) in [4.78, 5) is 13.0. The normalized spacial score (nSPS) is 26.0. The van der Waals surface area contributed by atoms with Crippen LogP contribution in [0.15, 0.2) is 23.7 Å². The average molecular weight is 394 g/mol. The lowest BCUT2D eigenvalue weighted by molar-refractivity contribution is -0.137. The Labute approximate surface area is 160 Å². The molecule has 2 unspecified atom stereocenters. The maximum absolute atomic E-state index is 13.3. The fourth-order valence-corrected chi connectivity index (χ4v) is 5.39. The summed E-state index contributed by atoms with van der Waals surface area (Å²) < 4.78 is 39.8. The molecule has 2 aromatic heterocycles. The van der Waals surface area contributed by atoms with E-state index in [9.17, 15) is 13.2 Å². The number of thiazole rings is 1. The van der Waals surface area contributed by atoms with E-state index in [0.29, 0.717) is 30.8 Å². The Morgan fingerprint density at radius 2 is 1.85 bits per heavy atom. The Bertz CT molecular complexity index is 818. The van der Waals surface area contributed by atoms with Crippen LogP contribution in [-0.4, -0.2) is 41.0 Å². The molecule has 0 N–H and O–H groups in total. The maximum atomic E-state index is 13.3. The van der Waals surface area contributed by atoms with E-state index in [0.717, 1.165) is 31.4 Å². The Morgan fingerprint density at radius 1 is 1.11 bits per heavy atom. The van der Waals surface area contributed by atoms with Gasteiger partial charge in [-0.15, -0.1) is 11.3 Å². The third-order valence-electron chi connectivity index (χ3n) is 5.84. The molecule has 3 aliphatic rings. The third-order valence-corrected chi connectivity index (χ3v) is 6.89. The summed E-state index contributed by atoms with van der Waals surface area (Å²) in [5, 5.41) is 3.43. The van der Waals surface area contributed by atoms with Crippen molar-refractivity contribution >= 4 is 17.2 Å². The first-order valence-corrected chi connectivity index (χ1v) is 10.3. The van der Waals surface area contributed by atoms with Crippen molar-refractivity contribution in [3.63, 3.8) is 0 Å². The summed E-state index contributed by atoms with van der Waals surface area (Å²) in [6.07, 6.45) is -0.379. The van der Waals surface area contributed by atoms with E-state index in [1.54, 1.807) is 11.3 Å². The molecular weight excluding hydrogens is 373 g/mol. The number of hydrogen-bond donors (Lipinski definition) is 0. The highest BCUT2D eigenvalue weighted by atomic mass is 32.1. The van der Waals surface area contributed by atoms with Gasteiger partial charge in [-0.25, -0.2) is 9.97 Å². The van der Waals surface area contributed by atoms with Crippen molar-refractivity contribution in [3.8, 4) is 0 Å². The number of fused-ring (bicyclic) bond motifs is 1. The molecule has 0 bridgehead atoms. The second-order valence-corrected chi connectivity index (χ2v) is 8.83. The van der Waals surface area contributed by atoms with Gasteiger partial charge in [0.15, 0.2) is 0 Å². The summed E-state index contributed by atoms with van der Waals surface area (Å²) in [7, 11) is 0. The van der Waals surface area contributed by atoms with E-state index >= 15 is 0 Å². The first-order chi connectivity index (χ1) is 13.0. The molecule has 0 spiro atoms. The zero-order valence-corrected chi connectivity index (χ0v) is 15.6. The maximum Gasteiger partial charge on any atom is 0.419 e. The van der Waals surface area contributed by atoms with E-state index in [1.165, 1.54) is 30.1 Å². The fourth-order valence-electron chi connectivity index (χ4n) is 4.40. The Kier molecular flexibility index (Phi) is 4.16. The van der Waals surface area contributed by atoms with Crippen molar-refractivity contribution in [1.82, 2.24) is 14.9 Å². The lowest BCUT2D eigenvalue weighted by Gasteiger charge is -2.24. The molecule has 0 aromatic carbocycles. The predicted molar refractivity (Wildman–Crippen MR) is 97.8 cm³/mol. The van der Waals surface area contributed by atoms with Crippen molar-refractivity contribution < 1.29 is 13.2 Å². The van der Waals surface area contributed by atoms with E-state index in [4.69, 9.17) is 4.98 Å². The van der Waals surface area contributed by atoms with Crippen LogP contribution in [-0.2, 0) is 12.7 Å². The van der Waals surface area contributed by atoms with E-state index < -0.39 is 11.7 Å². The quantitative estimate of drug-likeness (QED) is 0.785. The zero-order valence-electron chi connectivity index (χ0n) is 14.8. The number of aromatic nitrogens is 2. The summed E-state index contributed by atoms with van der Waals surface area (Å²) in [6, 6.07) is 2.48. The molecule has 4 nitrogen and oxygen atoms in total. The number of pyridine rings is 1. The van der Waals surface area contributed by atoms with Crippen LogP contribution in [0.4, 0.5) is 19.0 Å². The molecule has 3 fully saturated rings. The van der Waals surface area contributed by atoms with Crippen molar-refractivity contribution in [2.45, 2.75) is 31.5 Å². The molecule has 2 aromatic rings. The minimum absolute atomic E-state index is 0.0829. The summed E-state index contributed by atoms with van der Waals surface area (Å²) in [5.74, 6) is 1.57. The average Bonchev–Trinajstić information content (AvgIpc) is 3.06. The lowest BCUT2D eigenvalue weighted by atomic mass is 10.0. The van der Waals surface area contributed by atoms with Crippen LogP contribution < -0.4 is 4.90 Å². The van der Waals surface area contributed by atoms with Crippen LogP contribution in [0.3, 0.4) is 0 Å². The Balaban J connectivity index is 1.23. The number of nitrogens with zero attached hydrogens (tertiary/aromatic N) is 4. The smallest absolute Gasteiger partial charge is 0.355 e. The van der Waals surface area contributed by atoms with Gasteiger partial charge >= 0.3 is 6.18 Å². The Morgan fingerprint density at radius 3 is 2.52 bits per heavy atom. The minimum Gasteiger partial charge on any atom is -0.355 e. The van der Waals surface area contributed by atoms with Crippen molar-refractivity contribution in [2.75, 3.05) is 31.1 Å². The molecular formula is C19H21F3N4S. The third kappa shape index (κ3) is 3.45. The van der Waals surface area contributed by atoms with Crippen molar-refractivity contribution in [3.05, 3.63) is 40.0 Å². The number of hydrogen-bond acceptors (Lipinski definition) is 5. The van der Waals surface area contributed by atoms with Gasteiger partial charge in [0.05, 0.1) is 16.3 Å². The second-order valence-electron chi connectivity index (χ2n) is 7.94. The molecule has 2 aliphatic heterocycles. The first kappa shape index (κ1) is 17.4. The number of anilines is 1. The van der Waals surface area contributed by atoms with Gasteiger partial charge in [-0.1, -0.05) is 0 Å². The Hall–Kier alpha value is -1.67. The number of rotatable bonds is 4. The molecule has 1 aliphatic carbocycles. The molecule has 27 heavy (non-hydrogen) atoms. The summed E-state index contributed by atoms with van der Waals surface area (Å²) >= 11 is 1.77. The van der Waals surface area contributed by atoms with Gasteiger partial charge in [-0.2, -0.15) is 13.2 Å². The first-order valence-electron chi connectivity index (χ1n) is 9.41. The van der Waals surface area contributed by atoms with Crippen LogP contribution in [0.5, 0.6) is 0 Å². The van der Waals surface area contributed by atoms with Gasteiger partial charge in [-0.3, -0.25) is 4.90 Å². The SMILES string of the molecule is FC(F)(F)c1cccnc1N1CC2CN(Cc3csc(C4CC4)n3)CC2C1. The molecule has 0 amide bonds. The molecule has 8 heteroatoms. The molecule has 0 radical (unpaired) electrons. The molecule has 1 saturated carbocycles. The zero-order chi connectivity index (χ0) is 18.6. The van der Waals surface area contributed by atoms with Gasteiger partial charge < -0.3 is 4.90 Å². The lowest BCUT2D eigenvalue weighted by Crippen LogP contribution is -2.30. The van der Waals surface area contributed by atoms with Crippen LogP contribution in [0.2, 0.25) is 0 Å². The number of halogens is 3. The van der Waals surface area contributed by atoms with Crippen LogP contribution in [0, 0.1) is 11.8 Å². The molecule has 4 heterocycles. The molecule has 2 saturated heterocycles. The van der Waals surface area contributed by atoms with Gasteiger partial charge in [0, 0.05) is 50.2 Å². The summed E-state index contributed by atoms with van der Waals surface area (Å²) in [5.41, 5.74) is 0.514. The topological polar surface area (TPSA) is 32.3 Å². The highest BCUT2D eigenvalue weighted by Crippen LogP contribution is 2.42. The van der Waals surface area contributed by atoms with E-state index in [2.05, 4.69) is 15.3 Å². The summed E-state index contributed by atoms with van der Waals surface area (Å²) in [6.45, 7) is 3.99. The number of likely N-dealkylation sites (tertiary alicyclic amines) is 1. The van der Waals surface area contributed by atoms with Crippen molar-refractivity contribution in [2.24, 2.45) is 11.8 Å². The van der Waals surface area contributed by atoms with Gasteiger partial charge in [0.1, 0.15) is 5.82 Å². The molecule has 5 rings (SSSR count). The molecule has 2 atom stereocenters. The number of alkyl halides is 3. The fraction of sp³-hybridized carbons (Fsp3) is 0.579. The van der Waals surface area contributed by atoms with Gasteiger partial charge in [-0.05, 0) is 36.8 Å². The van der Waals surface area contributed by atoms with Crippen LogP contribution >= 0.6 is 11.3 Å². The second kappa shape index (κ2) is 6.44. The van der Waals surface area contributed by atoms with Crippen molar-refractivity contribution in [1.29, 1.82) is 0 Å². The van der Waals surface area contributed by atoms with E-state index in [-0.39, 0.29) is 5.82 Å².